The Labute approximate surface area is 467 Å². The predicted molar refractivity (Wildman–Crippen MR) is 326 cm³/mol. The minimum Gasteiger partial charge on any atom is -0.462 e. The summed E-state index contributed by atoms with van der Waals surface area (Å²) < 4.78 is 16.9. The summed E-state index contributed by atoms with van der Waals surface area (Å²) in [5.41, 5.74) is 0. The average Bonchev–Trinajstić information content (AvgIpc) is 3.41. The highest BCUT2D eigenvalue weighted by molar-refractivity contribution is 5.71. The van der Waals surface area contributed by atoms with Crippen molar-refractivity contribution < 1.29 is 28.6 Å². The van der Waals surface area contributed by atoms with E-state index in [1.54, 1.807) is 0 Å². The minimum atomic E-state index is -0.776. The van der Waals surface area contributed by atoms with Crippen LogP contribution in [0.3, 0.4) is 0 Å². The Morgan fingerprint density at radius 3 is 0.773 bits per heavy atom. The molecule has 6 heteroatoms. The van der Waals surface area contributed by atoms with Crippen LogP contribution in [0.5, 0.6) is 0 Å². The number of esters is 3. The van der Waals surface area contributed by atoms with Gasteiger partial charge >= 0.3 is 17.9 Å². The van der Waals surface area contributed by atoms with Gasteiger partial charge in [-0.05, 0) is 77.0 Å². The third kappa shape index (κ3) is 62.4. The van der Waals surface area contributed by atoms with Gasteiger partial charge in [0.05, 0.1) is 0 Å². The molecule has 0 N–H and O–H groups in total. The standard InChI is InChI=1S/C69H128O6/c1-4-7-10-13-16-19-22-25-27-28-29-30-31-32-33-34-35-36-37-38-39-40-42-44-47-50-53-56-59-62-68(71)74-65-66(64-73-67(70)61-58-55-52-49-46-43-24-21-18-15-12-9-6-3)75-69(72)63-60-57-54-51-48-45-41-26-23-20-17-14-11-8-5-2/h17,20,26,28-29,41,66H,4-16,18-19,21-25,27,30-40,42-65H2,1-3H3/b20-17-,29-28-,41-26-. The Bertz CT molecular complexity index is 1250. The van der Waals surface area contributed by atoms with Crippen LogP contribution in [0.15, 0.2) is 36.5 Å². The summed E-state index contributed by atoms with van der Waals surface area (Å²) >= 11 is 0. The van der Waals surface area contributed by atoms with Crippen LogP contribution in [0.25, 0.3) is 0 Å². The van der Waals surface area contributed by atoms with Gasteiger partial charge in [0.2, 0.25) is 0 Å². The molecule has 0 saturated carbocycles. The van der Waals surface area contributed by atoms with Gasteiger partial charge in [-0.3, -0.25) is 14.4 Å². The van der Waals surface area contributed by atoms with Crippen molar-refractivity contribution in [1.82, 2.24) is 0 Å². The number of hydrogen-bond acceptors (Lipinski definition) is 6. The Hall–Kier alpha value is -2.37. The van der Waals surface area contributed by atoms with Crippen LogP contribution in [0.1, 0.15) is 367 Å². The molecule has 1 atom stereocenters. The van der Waals surface area contributed by atoms with Gasteiger partial charge < -0.3 is 14.2 Å². The van der Waals surface area contributed by atoms with Crippen LogP contribution in [0.4, 0.5) is 0 Å². The van der Waals surface area contributed by atoms with Crippen LogP contribution in [-0.2, 0) is 28.6 Å². The number of rotatable bonds is 62. The van der Waals surface area contributed by atoms with E-state index in [0.717, 1.165) is 83.5 Å². The van der Waals surface area contributed by atoms with Gasteiger partial charge in [0.15, 0.2) is 6.10 Å². The molecule has 0 aromatic rings. The first-order valence-electron chi connectivity index (χ1n) is 33.5. The van der Waals surface area contributed by atoms with Crippen molar-refractivity contribution in [2.45, 2.75) is 374 Å². The number of carbonyl (C=O) groups excluding carboxylic acids is 3. The molecule has 0 rings (SSSR count). The van der Waals surface area contributed by atoms with Gasteiger partial charge in [0.1, 0.15) is 13.2 Å². The zero-order chi connectivity index (χ0) is 54.3. The summed E-state index contributed by atoms with van der Waals surface area (Å²) in [4.78, 5) is 38.3. The van der Waals surface area contributed by atoms with E-state index in [0.29, 0.717) is 19.3 Å². The fraction of sp³-hybridized carbons (Fsp3) is 0.870. The fourth-order valence-corrected chi connectivity index (χ4v) is 10.1. The highest BCUT2D eigenvalue weighted by atomic mass is 16.6. The molecule has 0 saturated heterocycles. The Kier molecular flexibility index (Phi) is 62.1. The van der Waals surface area contributed by atoms with E-state index in [1.807, 2.05) is 0 Å². The summed E-state index contributed by atoms with van der Waals surface area (Å²) in [6.45, 7) is 6.66. The number of ether oxygens (including phenoxy) is 3. The summed E-state index contributed by atoms with van der Waals surface area (Å²) in [5, 5.41) is 0. The van der Waals surface area contributed by atoms with Crippen LogP contribution >= 0.6 is 0 Å². The molecule has 75 heavy (non-hydrogen) atoms. The van der Waals surface area contributed by atoms with E-state index in [1.165, 1.54) is 244 Å². The third-order valence-electron chi connectivity index (χ3n) is 15.1. The molecule has 1 unspecified atom stereocenters. The molecule has 0 spiro atoms. The minimum absolute atomic E-state index is 0.0729. The third-order valence-corrected chi connectivity index (χ3v) is 15.1. The second-order valence-electron chi connectivity index (χ2n) is 22.7. The van der Waals surface area contributed by atoms with Gasteiger partial charge in [-0.1, -0.05) is 308 Å². The molecular weight excluding hydrogens is 925 g/mol. The highest BCUT2D eigenvalue weighted by Gasteiger charge is 2.19. The molecule has 0 bridgehead atoms. The fourth-order valence-electron chi connectivity index (χ4n) is 10.1. The van der Waals surface area contributed by atoms with Crippen molar-refractivity contribution in [2.24, 2.45) is 0 Å². The maximum atomic E-state index is 12.9. The summed E-state index contributed by atoms with van der Waals surface area (Å²) in [6, 6.07) is 0. The molecule has 440 valence electrons. The topological polar surface area (TPSA) is 78.9 Å². The zero-order valence-corrected chi connectivity index (χ0v) is 50.6. The van der Waals surface area contributed by atoms with Crippen molar-refractivity contribution >= 4 is 17.9 Å². The van der Waals surface area contributed by atoms with Gasteiger partial charge in [0.25, 0.3) is 0 Å². The van der Waals surface area contributed by atoms with Crippen LogP contribution in [0.2, 0.25) is 0 Å². The van der Waals surface area contributed by atoms with E-state index in [2.05, 4.69) is 57.2 Å². The molecule has 6 nitrogen and oxygen atoms in total. The maximum Gasteiger partial charge on any atom is 0.306 e. The quantitative estimate of drug-likeness (QED) is 0.0261. The number of unbranched alkanes of at least 4 members (excludes halogenated alkanes) is 45. The second kappa shape index (κ2) is 64.2. The molecule has 0 radical (unpaired) electrons. The molecule has 0 aromatic carbocycles. The lowest BCUT2D eigenvalue weighted by Crippen LogP contribution is -2.30. The number of carbonyl (C=O) groups is 3. The Morgan fingerprint density at radius 1 is 0.267 bits per heavy atom. The lowest BCUT2D eigenvalue weighted by atomic mass is 10.0. The van der Waals surface area contributed by atoms with Crippen molar-refractivity contribution in [3.63, 3.8) is 0 Å². The lowest BCUT2D eigenvalue weighted by molar-refractivity contribution is -0.167. The maximum absolute atomic E-state index is 12.9. The molecule has 0 aliphatic rings. The summed E-state index contributed by atoms with van der Waals surface area (Å²) in [5.74, 6) is -0.863. The van der Waals surface area contributed by atoms with Gasteiger partial charge in [0, 0.05) is 19.3 Å². The summed E-state index contributed by atoms with van der Waals surface area (Å²) in [7, 11) is 0. The first kappa shape index (κ1) is 72.6. The highest BCUT2D eigenvalue weighted by Crippen LogP contribution is 2.18. The van der Waals surface area contributed by atoms with Crippen molar-refractivity contribution in [3.8, 4) is 0 Å². The molecular formula is C69H128O6. The van der Waals surface area contributed by atoms with E-state index in [9.17, 15) is 14.4 Å². The van der Waals surface area contributed by atoms with Gasteiger partial charge in [-0.2, -0.15) is 0 Å². The SMILES string of the molecule is CCCCC/C=C\C/C=C\CCCCCCCC(=O)OC(COC(=O)CCCCCCCCCCCCCCC)COC(=O)CCCCCCCCCCCCCCCCCCC/C=C\CCCCCCCCCC. The van der Waals surface area contributed by atoms with E-state index in [-0.39, 0.29) is 31.1 Å². The molecule has 0 heterocycles. The second-order valence-corrected chi connectivity index (χ2v) is 22.7. The molecule has 0 aliphatic heterocycles. The molecule has 0 amide bonds. The smallest absolute Gasteiger partial charge is 0.306 e. The zero-order valence-electron chi connectivity index (χ0n) is 50.6. The van der Waals surface area contributed by atoms with Gasteiger partial charge in [-0.25, -0.2) is 0 Å². The monoisotopic (exact) mass is 1050 g/mol. The molecule has 0 aromatic heterocycles. The van der Waals surface area contributed by atoms with Crippen molar-refractivity contribution in [3.05, 3.63) is 36.5 Å². The summed E-state index contributed by atoms with van der Waals surface area (Å²) in [6.07, 6.45) is 78.8. The van der Waals surface area contributed by atoms with E-state index < -0.39 is 6.10 Å². The predicted octanol–water partition coefficient (Wildman–Crippen LogP) is 22.8. The molecule has 0 fully saturated rings. The first-order chi connectivity index (χ1) is 37.0. The van der Waals surface area contributed by atoms with Gasteiger partial charge in [-0.15, -0.1) is 0 Å². The Morgan fingerprint density at radius 2 is 0.480 bits per heavy atom. The first-order valence-corrected chi connectivity index (χ1v) is 33.5. The largest absolute Gasteiger partial charge is 0.462 e. The van der Waals surface area contributed by atoms with Crippen LogP contribution in [-0.4, -0.2) is 37.2 Å². The number of hydrogen-bond donors (Lipinski definition) is 0. The number of allylic oxidation sites excluding steroid dienone is 6. The molecule has 0 aliphatic carbocycles. The lowest BCUT2D eigenvalue weighted by Gasteiger charge is -2.18. The Balaban J connectivity index is 4.16. The van der Waals surface area contributed by atoms with Crippen molar-refractivity contribution in [1.29, 1.82) is 0 Å². The van der Waals surface area contributed by atoms with Crippen LogP contribution < -0.4 is 0 Å². The average molecular weight is 1050 g/mol. The van der Waals surface area contributed by atoms with E-state index in [4.69, 9.17) is 14.2 Å². The van der Waals surface area contributed by atoms with Crippen molar-refractivity contribution in [2.75, 3.05) is 13.2 Å². The van der Waals surface area contributed by atoms with Crippen LogP contribution in [0, 0.1) is 0 Å². The normalized spacial score (nSPS) is 12.2. The van der Waals surface area contributed by atoms with E-state index >= 15 is 0 Å².